The Bertz CT molecular complexity index is 150. The molecule has 0 radical (unpaired) electrons. The van der Waals surface area contributed by atoms with Crippen molar-refractivity contribution in [1.82, 2.24) is 5.32 Å². The number of hydrogen-bond acceptors (Lipinski definition) is 1. The minimum absolute atomic E-state index is 0.278. The fourth-order valence-corrected chi connectivity index (χ4v) is 1.15. The molecule has 1 rings (SSSR count). The maximum Gasteiger partial charge on any atom is 0.243 e. The summed E-state index contributed by atoms with van der Waals surface area (Å²) in [4.78, 5) is 0. The average molecular weight is 145 g/mol. The minimum Gasteiger partial charge on any atom is -0.315 e. The van der Waals surface area contributed by atoms with Crippen LogP contribution in [-0.4, -0.2) is 19.5 Å². The predicted molar refractivity (Wildman–Crippen MR) is 34.7 cm³/mol. The van der Waals surface area contributed by atoms with Gasteiger partial charge in [0.25, 0.3) is 0 Å². The molecule has 0 aromatic rings. The molecule has 0 spiro atoms. The smallest absolute Gasteiger partial charge is 0.243 e. The van der Waals surface area contributed by atoms with Crippen molar-refractivity contribution >= 4 is 0 Å². The lowest BCUT2D eigenvalue weighted by Gasteiger charge is -2.10. The van der Waals surface area contributed by atoms with Gasteiger partial charge in [0, 0.05) is 24.9 Å². The maximum absolute atomic E-state index is 12.0. The van der Waals surface area contributed by atoms with E-state index in [1.807, 2.05) is 0 Å². The maximum atomic E-state index is 12.0. The standard InChI is InChI=1S/C7H9F2N/c1-2-5-3-10-4-6(5)7(8)9/h1,5-7,10H,3-4H2/t5-,6-/m1/s1. The fraction of sp³-hybridized carbons (Fsp3) is 0.714. The zero-order valence-electron chi connectivity index (χ0n) is 5.48. The van der Waals surface area contributed by atoms with Gasteiger partial charge in [0.15, 0.2) is 0 Å². The van der Waals surface area contributed by atoms with Gasteiger partial charge in [-0.05, 0) is 0 Å². The zero-order chi connectivity index (χ0) is 7.56. The highest BCUT2D eigenvalue weighted by molar-refractivity contribution is 5.02. The Morgan fingerprint density at radius 2 is 2.20 bits per heavy atom. The fourth-order valence-electron chi connectivity index (χ4n) is 1.15. The van der Waals surface area contributed by atoms with Gasteiger partial charge in [0.1, 0.15) is 0 Å². The molecule has 1 N–H and O–H groups in total. The summed E-state index contributed by atoms with van der Waals surface area (Å²) in [5.41, 5.74) is 0. The third-order valence-electron chi connectivity index (χ3n) is 1.80. The monoisotopic (exact) mass is 145 g/mol. The van der Waals surface area contributed by atoms with Crippen LogP contribution in [0.2, 0.25) is 0 Å². The predicted octanol–water partition coefficient (Wildman–Crippen LogP) is 0.720. The summed E-state index contributed by atoms with van der Waals surface area (Å²) >= 11 is 0. The van der Waals surface area contributed by atoms with Crippen molar-refractivity contribution in [3.8, 4) is 12.3 Å². The number of rotatable bonds is 1. The zero-order valence-corrected chi connectivity index (χ0v) is 5.48. The Hall–Kier alpha value is -0.620. The van der Waals surface area contributed by atoms with Crippen molar-refractivity contribution in [3.05, 3.63) is 0 Å². The molecule has 0 bridgehead atoms. The first-order valence-electron chi connectivity index (χ1n) is 3.20. The lowest BCUT2D eigenvalue weighted by molar-refractivity contribution is 0.0753. The lowest BCUT2D eigenvalue weighted by Crippen LogP contribution is -2.19. The van der Waals surface area contributed by atoms with E-state index < -0.39 is 12.3 Å². The van der Waals surface area contributed by atoms with E-state index in [0.29, 0.717) is 13.1 Å². The minimum atomic E-state index is -2.28. The van der Waals surface area contributed by atoms with E-state index >= 15 is 0 Å². The number of terminal acetylenes is 1. The highest BCUT2D eigenvalue weighted by Crippen LogP contribution is 2.22. The van der Waals surface area contributed by atoms with Crippen molar-refractivity contribution in [3.63, 3.8) is 0 Å². The topological polar surface area (TPSA) is 12.0 Å². The molecule has 0 aromatic heterocycles. The first kappa shape index (κ1) is 7.49. The Labute approximate surface area is 58.8 Å². The SMILES string of the molecule is C#C[C@@H]1CNC[C@H]1C(F)F. The molecule has 0 amide bonds. The molecule has 1 fully saturated rings. The van der Waals surface area contributed by atoms with Crippen LogP contribution >= 0.6 is 0 Å². The van der Waals surface area contributed by atoms with Gasteiger partial charge >= 0.3 is 0 Å². The van der Waals surface area contributed by atoms with Gasteiger partial charge in [-0.25, -0.2) is 8.78 Å². The number of nitrogens with one attached hydrogen (secondary N) is 1. The quantitative estimate of drug-likeness (QED) is 0.536. The van der Waals surface area contributed by atoms with E-state index in [0.717, 1.165) is 0 Å². The van der Waals surface area contributed by atoms with Gasteiger partial charge in [-0.2, -0.15) is 0 Å². The molecule has 0 aliphatic carbocycles. The van der Waals surface area contributed by atoms with Gasteiger partial charge < -0.3 is 5.32 Å². The summed E-state index contributed by atoms with van der Waals surface area (Å²) in [5.74, 6) is 1.44. The molecule has 1 aliphatic rings. The summed E-state index contributed by atoms with van der Waals surface area (Å²) in [6.45, 7) is 0.887. The Morgan fingerprint density at radius 3 is 2.60 bits per heavy atom. The first-order chi connectivity index (χ1) is 4.75. The first-order valence-corrected chi connectivity index (χ1v) is 3.20. The highest BCUT2D eigenvalue weighted by Gasteiger charge is 2.32. The van der Waals surface area contributed by atoms with Crippen LogP contribution < -0.4 is 5.32 Å². The van der Waals surface area contributed by atoms with Crippen molar-refractivity contribution < 1.29 is 8.78 Å². The molecule has 0 unspecified atom stereocenters. The van der Waals surface area contributed by atoms with E-state index in [2.05, 4.69) is 11.2 Å². The van der Waals surface area contributed by atoms with Crippen LogP contribution in [0.4, 0.5) is 8.78 Å². The van der Waals surface area contributed by atoms with Crippen LogP contribution in [0.1, 0.15) is 0 Å². The van der Waals surface area contributed by atoms with Crippen LogP contribution in [0.3, 0.4) is 0 Å². The van der Waals surface area contributed by atoms with Crippen molar-refractivity contribution in [1.29, 1.82) is 0 Å². The van der Waals surface area contributed by atoms with Crippen LogP contribution in [0.25, 0.3) is 0 Å². The van der Waals surface area contributed by atoms with Gasteiger partial charge in [0.05, 0.1) is 0 Å². The Balaban J connectivity index is 2.52. The molecule has 2 atom stereocenters. The number of hydrogen-bond donors (Lipinski definition) is 1. The van der Waals surface area contributed by atoms with E-state index in [1.165, 1.54) is 0 Å². The van der Waals surface area contributed by atoms with Crippen LogP contribution in [0.5, 0.6) is 0 Å². The normalized spacial score (nSPS) is 32.6. The molecule has 3 heteroatoms. The summed E-state index contributed by atoms with van der Waals surface area (Å²) in [6.07, 6.45) is 2.76. The number of halogens is 2. The number of alkyl halides is 2. The molecule has 10 heavy (non-hydrogen) atoms. The van der Waals surface area contributed by atoms with Gasteiger partial charge in [-0.15, -0.1) is 12.3 Å². The van der Waals surface area contributed by atoms with Crippen molar-refractivity contribution in [2.75, 3.05) is 13.1 Å². The Morgan fingerprint density at radius 1 is 1.50 bits per heavy atom. The summed E-state index contributed by atoms with van der Waals surface area (Å²) in [6, 6.07) is 0. The van der Waals surface area contributed by atoms with Crippen LogP contribution in [-0.2, 0) is 0 Å². The highest BCUT2D eigenvalue weighted by atomic mass is 19.3. The average Bonchev–Trinajstić information content (AvgIpc) is 2.33. The third-order valence-corrected chi connectivity index (χ3v) is 1.80. The molecule has 1 saturated heterocycles. The van der Waals surface area contributed by atoms with E-state index in [4.69, 9.17) is 6.42 Å². The second-order valence-electron chi connectivity index (χ2n) is 2.43. The third kappa shape index (κ3) is 1.27. The molecule has 56 valence electrons. The summed E-state index contributed by atoms with van der Waals surface area (Å²) < 4.78 is 24.1. The second-order valence-corrected chi connectivity index (χ2v) is 2.43. The molecular weight excluding hydrogens is 136 g/mol. The molecule has 1 heterocycles. The van der Waals surface area contributed by atoms with E-state index in [9.17, 15) is 8.78 Å². The molecule has 0 aromatic carbocycles. The lowest BCUT2D eigenvalue weighted by atomic mass is 9.98. The molecular formula is C7H9F2N. The molecule has 1 aliphatic heterocycles. The largest absolute Gasteiger partial charge is 0.315 e. The van der Waals surface area contributed by atoms with Gasteiger partial charge in [-0.3, -0.25) is 0 Å². The summed E-state index contributed by atoms with van der Waals surface area (Å²) in [5, 5.41) is 2.83. The van der Waals surface area contributed by atoms with Crippen molar-refractivity contribution in [2.45, 2.75) is 6.43 Å². The van der Waals surface area contributed by atoms with Crippen molar-refractivity contribution in [2.24, 2.45) is 11.8 Å². The Kier molecular flexibility index (Phi) is 2.23. The second kappa shape index (κ2) is 2.98. The molecule has 0 saturated carbocycles. The van der Waals surface area contributed by atoms with Gasteiger partial charge in [-0.1, -0.05) is 0 Å². The molecule has 1 nitrogen and oxygen atoms in total. The van der Waals surface area contributed by atoms with Crippen LogP contribution in [0.15, 0.2) is 0 Å². The van der Waals surface area contributed by atoms with Crippen LogP contribution in [0, 0.1) is 24.2 Å². The van der Waals surface area contributed by atoms with E-state index in [1.54, 1.807) is 0 Å². The van der Waals surface area contributed by atoms with Gasteiger partial charge in [0.2, 0.25) is 6.43 Å². The summed E-state index contributed by atoms with van der Waals surface area (Å²) in [7, 11) is 0. The van der Waals surface area contributed by atoms with E-state index in [-0.39, 0.29) is 5.92 Å².